The summed E-state index contributed by atoms with van der Waals surface area (Å²) < 4.78 is 31.1. The average molecular weight is 232 g/mol. The molecule has 0 spiro atoms. The van der Waals surface area contributed by atoms with Gasteiger partial charge in [-0.1, -0.05) is 6.92 Å². The van der Waals surface area contributed by atoms with E-state index in [1.807, 2.05) is 6.92 Å². The van der Waals surface area contributed by atoms with E-state index >= 15 is 0 Å². The molecule has 0 saturated heterocycles. The summed E-state index contributed by atoms with van der Waals surface area (Å²) in [6, 6.07) is 1.47. The Hall–Kier alpha value is -0.850. The second-order valence-corrected chi connectivity index (χ2v) is 4.97. The van der Waals surface area contributed by atoms with Gasteiger partial charge in [-0.15, -0.1) is 0 Å². The quantitative estimate of drug-likeness (QED) is 0.784. The van der Waals surface area contributed by atoms with Gasteiger partial charge in [0.25, 0.3) is 0 Å². The molecule has 1 heterocycles. The van der Waals surface area contributed by atoms with Gasteiger partial charge in [-0.2, -0.15) is 0 Å². The van der Waals surface area contributed by atoms with E-state index < -0.39 is 10.0 Å². The molecule has 0 radical (unpaired) electrons. The Kier molecular flexibility index (Phi) is 3.90. The van der Waals surface area contributed by atoms with Crippen molar-refractivity contribution < 1.29 is 12.8 Å². The third-order valence-electron chi connectivity index (χ3n) is 1.96. The van der Waals surface area contributed by atoms with Gasteiger partial charge in [-0.05, 0) is 13.3 Å². The van der Waals surface area contributed by atoms with Crippen molar-refractivity contribution in [1.82, 2.24) is 4.72 Å². The number of hydrogen-bond donors (Lipinski definition) is 2. The Morgan fingerprint density at radius 1 is 1.53 bits per heavy atom. The first-order chi connectivity index (χ1) is 7.01. The molecule has 0 bridgehead atoms. The lowest BCUT2D eigenvalue weighted by Gasteiger charge is -2.02. The zero-order chi connectivity index (χ0) is 11.5. The summed E-state index contributed by atoms with van der Waals surface area (Å²) in [7, 11) is -3.44. The molecule has 0 amide bonds. The maximum Gasteiger partial charge on any atom is 0.244 e. The molecule has 6 heteroatoms. The van der Waals surface area contributed by atoms with Crippen molar-refractivity contribution in [3.05, 3.63) is 17.6 Å². The molecule has 1 rings (SSSR count). The molecule has 0 aliphatic rings. The normalized spacial score (nSPS) is 11.9. The standard InChI is InChI=1S/C9H16N2O3S/c1-3-4-11-15(12,13)9-5-8(6-10)14-7(9)2/h5,11H,3-4,6,10H2,1-2H3. The highest BCUT2D eigenvalue weighted by molar-refractivity contribution is 7.89. The van der Waals surface area contributed by atoms with E-state index in [2.05, 4.69) is 4.72 Å². The molecule has 1 aromatic heterocycles. The van der Waals surface area contributed by atoms with E-state index in [0.717, 1.165) is 6.42 Å². The largest absolute Gasteiger partial charge is 0.464 e. The molecule has 0 aliphatic heterocycles. The number of furan rings is 1. The van der Waals surface area contributed by atoms with Crippen molar-refractivity contribution in [3.63, 3.8) is 0 Å². The van der Waals surface area contributed by atoms with Gasteiger partial charge in [0.15, 0.2) is 0 Å². The smallest absolute Gasteiger partial charge is 0.244 e. The highest BCUT2D eigenvalue weighted by Crippen LogP contribution is 2.19. The van der Waals surface area contributed by atoms with Crippen LogP contribution in [0.5, 0.6) is 0 Å². The minimum absolute atomic E-state index is 0.177. The topological polar surface area (TPSA) is 85.3 Å². The summed E-state index contributed by atoms with van der Waals surface area (Å²) in [6.45, 7) is 4.13. The summed E-state index contributed by atoms with van der Waals surface area (Å²) in [5.74, 6) is 0.850. The average Bonchev–Trinajstić information content (AvgIpc) is 2.57. The first-order valence-electron chi connectivity index (χ1n) is 4.80. The zero-order valence-corrected chi connectivity index (χ0v) is 9.73. The van der Waals surface area contributed by atoms with Crippen molar-refractivity contribution in [1.29, 1.82) is 0 Å². The third-order valence-corrected chi connectivity index (χ3v) is 3.52. The number of nitrogens with one attached hydrogen (secondary N) is 1. The molecular formula is C9H16N2O3S. The van der Waals surface area contributed by atoms with Gasteiger partial charge in [0.2, 0.25) is 10.0 Å². The minimum atomic E-state index is -3.44. The lowest BCUT2D eigenvalue weighted by atomic mass is 10.4. The van der Waals surface area contributed by atoms with E-state index in [1.54, 1.807) is 6.92 Å². The summed E-state index contributed by atoms with van der Waals surface area (Å²) in [5.41, 5.74) is 5.37. The fourth-order valence-electron chi connectivity index (χ4n) is 1.21. The van der Waals surface area contributed by atoms with E-state index in [-0.39, 0.29) is 11.4 Å². The second kappa shape index (κ2) is 4.78. The predicted octanol–water partition coefficient (Wildman–Crippen LogP) is 0.735. The van der Waals surface area contributed by atoms with Gasteiger partial charge < -0.3 is 10.2 Å². The maximum atomic E-state index is 11.7. The number of sulfonamides is 1. The minimum Gasteiger partial charge on any atom is -0.464 e. The Morgan fingerprint density at radius 2 is 2.20 bits per heavy atom. The van der Waals surface area contributed by atoms with E-state index in [0.29, 0.717) is 18.1 Å². The second-order valence-electron chi connectivity index (χ2n) is 3.24. The van der Waals surface area contributed by atoms with Crippen LogP contribution >= 0.6 is 0 Å². The number of aryl methyl sites for hydroxylation is 1. The van der Waals surface area contributed by atoms with Gasteiger partial charge in [0.05, 0.1) is 6.54 Å². The number of nitrogens with two attached hydrogens (primary N) is 1. The van der Waals surface area contributed by atoms with Crippen molar-refractivity contribution in [2.75, 3.05) is 6.54 Å². The van der Waals surface area contributed by atoms with Crippen molar-refractivity contribution in [3.8, 4) is 0 Å². The van der Waals surface area contributed by atoms with E-state index in [4.69, 9.17) is 10.2 Å². The number of hydrogen-bond acceptors (Lipinski definition) is 4. The molecule has 0 saturated carbocycles. The Balaban J connectivity index is 2.99. The molecule has 1 aromatic rings. The molecule has 0 aliphatic carbocycles. The van der Waals surface area contributed by atoms with Crippen LogP contribution in [0.15, 0.2) is 15.4 Å². The monoisotopic (exact) mass is 232 g/mol. The fraction of sp³-hybridized carbons (Fsp3) is 0.556. The Morgan fingerprint density at radius 3 is 2.67 bits per heavy atom. The fourth-order valence-corrected chi connectivity index (χ4v) is 2.54. The van der Waals surface area contributed by atoms with Crippen LogP contribution in [0.25, 0.3) is 0 Å². The SMILES string of the molecule is CCCNS(=O)(=O)c1cc(CN)oc1C. The lowest BCUT2D eigenvalue weighted by Crippen LogP contribution is -2.24. The maximum absolute atomic E-state index is 11.7. The summed E-state index contributed by atoms with van der Waals surface area (Å²) >= 11 is 0. The van der Waals surface area contributed by atoms with Crippen LogP contribution in [-0.4, -0.2) is 15.0 Å². The molecule has 5 nitrogen and oxygen atoms in total. The van der Waals surface area contributed by atoms with Gasteiger partial charge in [0, 0.05) is 12.6 Å². The van der Waals surface area contributed by atoms with Crippen LogP contribution in [-0.2, 0) is 16.6 Å². The van der Waals surface area contributed by atoms with Crippen molar-refractivity contribution >= 4 is 10.0 Å². The van der Waals surface area contributed by atoms with Gasteiger partial charge >= 0.3 is 0 Å². The van der Waals surface area contributed by atoms with Gasteiger partial charge in [-0.25, -0.2) is 13.1 Å². The molecule has 15 heavy (non-hydrogen) atoms. The first-order valence-corrected chi connectivity index (χ1v) is 6.28. The van der Waals surface area contributed by atoms with Crippen LogP contribution in [0.3, 0.4) is 0 Å². The van der Waals surface area contributed by atoms with Crippen LogP contribution < -0.4 is 10.5 Å². The van der Waals surface area contributed by atoms with Gasteiger partial charge in [0.1, 0.15) is 16.4 Å². The third kappa shape index (κ3) is 2.80. The predicted molar refractivity (Wildman–Crippen MR) is 56.8 cm³/mol. The van der Waals surface area contributed by atoms with Crippen LogP contribution in [0.4, 0.5) is 0 Å². The Labute approximate surface area is 89.7 Å². The van der Waals surface area contributed by atoms with E-state index in [1.165, 1.54) is 6.07 Å². The van der Waals surface area contributed by atoms with Crippen molar-refractivity contribution in [2.24, 2.45) is 5.73 Å². The Bertz CT molecular complexity index is 423. The van der Waals surface area contributed by atoms with E-state index in [9.17, 15) is 8.42 Å². The number of rotatable bonds is 5. The molecule has 3 N–H and O–H groups in total. The van der Waals surface area contributed by atoms with Crippen molar-refractivity contribution in [2.45, 2.75) is 31.7 Å². The molecule has 0 aromatic carbocycles. The lowest BCUT2D eigenvalue weighted by molar-refractivity contribution is 0.478. The highest BCUT2D eigenvalue weighted by atomic mass is 32.2. The first kappa shape index (κ1) is 12.2. The summed E-state index contributed by atoms with van der Waals surface area (Å²) in [5, 5.41) is 0. The summed E-state index contributed by atoms with van der Waals surface area (Å²) in [4.78, 5) is 0.177. The van der Waals surface area contributed by atoms with Crippen LogP contribution in [0.1, 0.15) is 24.9 Å². The van der Waals surface area contributed by atoms with Gasteiger partial charge in [-0.3, -0.25) is 0 Å². The van der Waals surface area contributed by atoms with Crippen LogP contribution in [0.2, 0.25) is 0 Å². The highest BCUT2D eigenvalue weighted by Gasteiger charge is 2.20. The molecule has 86 valence electrons. The molecule has 0 atom stereocenters. The van der Waals surface area contributed by atoms with Crippen LogP contribution in [0, 0.1) is 6.92 Å². The molecular weight excluding hydrogens is 216 g/mol. The molecule has 0 fully saturated rings. The summed E-state index contributed by atoms with van der Waals surface area (Å²) in [6.07, 6.45) is 0.750. The zero-order valence-electron chi connectivity index (χ0n) is 8.91. The molecule has 0 unspecified atom stereocenters.